The molecule has 0 spiro atoms. The van der Waals surface area contributed by atoms with E-state index in [1.807, 2.05) is 0 Å². The molecule has 0 heterocycles. The van der Waals surface area contributed by atoms with E-state index in [1.165, 1.54) is 0 Å². The minimum atomic E-state index is -1.94. The first-order chi connectivity index (χ1) is 5.07. The zero-order valence-corrected chi connectivity index (χ0v) is 11.1. The molecule has 0 bridgehead atoms. The summed E-state index contributed by atoms with van der Waals surface area (Å²) in [7, 11) is 0. The van der Waals surface area contributed by atoms with Crippen molar-refractivity contribution in [1.82, 2.24) is 0 Å². The average molecular weight is 332 g/mol. The summed E-state index contributed by atoms with van der Waals surface area (Å²) in [5, 5.41) is 0. The SMILES string of the molecule is ClC(Cl)=C(C(Cl)(Cl)Cl)C(Cl)(Cl)Cl. The summed E-state index contributed by atoms with van der Waals surface area (Å²) in [5.41, 5.74) is -0.298. The maximum Gasteiger partial charge on any atom is 0.218 e. The Bertz CT molecular complexity index is 172. The lowest BCUT2D eigenvalue weighted by molar-refractivity contribution is 1.15. The van der Waals surface area contributed by atoms with E-state index in [0.717, 1.165) is 0 Å². The molecule has 0 nitrogen and oxygen atoms in total. The van der Waals surface area contributed by atoms with Crippen LogP contribution in [0.15, 0.2) is 10.1 Å². The van der Waals surface area contributed by atoms with Crippen LogP contribution < -0.4 is 0 Å². The van der Waals surface area contributed by atoms with Crippen LogP contribution in [-0.2, 0) is 0 Å². The van der Waals surface area contributed by atoms with Gasteiger partial charge in [-0.05, 0) is 0 Å². The van der Waals surface area contributed by atoms with Crippen LogP contribution in [-0.4, -0.2) is 7.59 Å². The van der Waals surface area contributed by atoms with Gasteiger partial charge >= 0.3 is 0 Å². The fourth-order valence-corrected chi connectivity index (χ4v) is 3.37. The highest BCUT2D eigenvalue weighted by Gasteiger charge is 2.42. The van der Waals surface area contributed by atoms with Gasteiger partial charge in [0.1, 0.15) is 4.49 Å². The molecule has 72 valence electrons. The number of hydrogen-bond donors (Lipinski definition) is 0. The molecular formula is C4Cl8. The molecule has 0 aliphatic heterocycles. The number of hydrogen-bond acceptors (Lipinski definition) is 0. The molecule has 0 saturated heterocycles. The molecule has 0 rings (SSSR count). The first kappa shape index (κ1) is 14.1. The van der Waals surface area contributed by atoms with E-state index in [0.29, 0.717) is 0 Å². The van der Waals surface area contributed by atoms with Crippen LogP contribution in [0.25, 0.3) is 0 Å². The topological polar surface area (TPSA) is 0 Å². The molecule has 0 atom stereocenters. The Morgan fingerprint density at radius 1 is 0.667 bits per heavy atom. The second-order valence-corrected chi connectivity index (χ2v) is 7.14. The highest BCUT2D eigenvalue weighted by atomic mass is 35.6. The Balaban J connectivity index is 5.13. The van der Waals surface area contributed by atoms with Gasteiger partial charge in [-0.1, -0.05) is 92.8 Å². The number of rotatable bonds is 0. The zero-order chi connectivity index (χ0) is 10.2. The van der Waals surface area contributed by atoms with E-state index < -0.39 is 7.59 Å². The van der Waals surface area contributed by atoms with Crippen LogP contribution in [0.3, 0.4) is 0 Å². The van der Waals surface area contributed by atoms with E-state index in [9.17, 15) is 0 Å². The fourth-order valence-electron chi connectivity index (χ4n) is 0.375. The zero-order valence-electron chi connectivity index (χ0n) is 5.02. The molecule has 0 amide bonds. The molecule has 12 heavy (non-hydrogen) atoms. The Hall–Kier alpha value is 2.06. The van der Waals surface area contributed by atoms with Crippen LogP contribution in [0.2, 0.25) is 0 Å². The van der Waals surface area contributed by atoms with Crippen molar-refractivity contribution in [3.8, 4) is 0 Å². The highest BCUT2D eigenvalue weighted by molar-refractivity contribution is 6.77. The summed E-state index contributed by atoms with van der Waals surface area (Å²) >= 11 is 43.3. The lowest BCUT2D eigenvalue weighted by Gasteiger charge is -2.22. The Kier molecular flexibility index (Phi) is 5.53. The van der Waals surface area contributed by atoms with Gasteiger partial charge in [-0.2, -0.15) is 0 Å². The fraction of sp³-hybridized carbons (Fsp3) is 0.500. The van der Waals surface area contributed by atoms with Gasteiger partial charge in [0.2, 0.25) is 7.59 Å². The monoisotopic (exact) mass is 328 g/mol. The predicted molar refractivity (Wildman–Crippen MR) is 59.3 cm³/mol. The van der Waals surface area contributed by atoms with E-state index in [4.69, 9.17) is 92.8 Å². The number of allylic oxidation sites excluding steroid dienone is 1. The minimum absolute atomic E-state index is 0.298. The normalized spacial score (nSPS) is 13.0. The second kappa shape index (κ2) is 4.72. The number of alkyl halides is 6. The van der Waals surface area contributed by atoms with Crippen LogP contribution in [0.5, 0.6) is 0 Å². The molecule has 0 saturated carbocycles. The maximum atomic E-state index is 5.43. The van der Waals surface area contributed by atoms with Gasteiger partial charge in [0, 0.05) is 0 Å². The molecule has 0 fully saturated rings. The van der Waals surface area contributed by atoms with Crippen LogP contribution in [0, 0.1) is 0 Å². The summed E-state index contributed by atoms with van der Waals surface area (Å²) in [5.74, 6) is 0. The summed E-state index contributed by atoms with van der Waals surface area (Å²) in [6, 6.07) is 0. The van der Waals surface area contributed by atoms with Gasteiger partial charge in [-0.25, -0.2) is 0 Å². The van der Waals surface area contributed by atoms with Crippen molar-refractivity contribution in [2.45, 2.75) is 7.59 Å². The van der Waals surface area contributed by atoms with Gasteiger partial charge in [0.25, 0.3) is 0 Å². The van der Waals surface area contributed by atoms with Crippen molar-refractivity contribution in [2.24, 2.45) is 0 Å². The van der Waals surface area contributed by atoms with Crippen molar-refractivity contribution in [1.29, 1.82) is 0 Å². The summed E-state index contributed by atoms with van der Waals surface area (Å²) in [6.07, 6.45) is 0. The standard InChI is InChI=1S/C4Cl8/c5-2(6)1(3(7,8)9)4(10,11)12. The quantitative estimate of drug-likeness (QED) is 0.520. The third-order valence-electron chi connectivity index (χ3n) is 0.756. The molecular weight excluding hydrogens is 332 g/mol. The van der Waals surface area contributed by atoms with Gasteiger partial charge in [0.15, 0.2) is 0 Å². The Morgan fingerprint density at radius 3 is 0.917 bits per heavy atom. The minimum Gasteiger partial charge on any atom is -0.0785 e. The largest absolute Gasteiger partial charge is 0.218 e. The first-order valence-electron chi connectivity index (χ1n) is 2.26. The van der Waals surface area contributed by atoms with E-state index >= 15 is 0 Å². The third kappa shape index (κ3) is 4.52. The van der Waals surface area contributed by atoms with Gasteiger partial charge in [-0.3, -0.25) is 0 Å². The maximum absolute atomic E-state index is 5.43. The lowest BCUT2D eigenvalue weighted by Crippen LogP contribution is -2.21. The van der Waals surface area contributed by atoms with E-state index in [1.54, 1.807) is 0 Å². The van der Waals surface area contributed by atoms with Crippen molar-refractivity contribution in [3.63, 3.8) is 0 Å². The Morgan fingerprint density at radius 2 is 0.917 bits per heavy atom. The molecule has 0 aromatic carbocycles. The van der Waals surface area contributed by atoms with Crippen LogP contribution >= 0.6 is 92.8 Å². The Labute approximate surface area is 110 Å². The van der Waals surface area contributed by atoms with Gasteiger partial charge in [0.05, 0.1) is 5.57 Å². The van der Waals surface area contributed by atoms with E-state index in [2.05, 4.69) is 0 Å². The van der Waals surface area contributed by atoms with Crippen LogP contribution in [0.4, 0.5) is 0 Å². The van der Waals surface area contributed by atoms with Crippen LogP contribution in [0.1, 0.15) is 0 Å². The first-order valence-corrected chi connectivity index (χ1v) is 5.29. The van der Waals surface area contributed by atoms with Gasteiger partial charge in [-0.15, -0.1) is 0 Å². The summed E-state index contributed by atoms with van der Waals surface area (Å²) in [4.78, 5) is 0. The van der Waals surface area contributed by atoms with Gasteiger partial charge < -0.3 is 0 Å². The molecule has 0 aromatic heterocycles. The number of halogens is 8. The molecule has 8 heteroatoms. The molecule has 0 unspecified atom stereocenters. The van der Waals surface area contributed by atoms with Crippen molar-refractivity contribution < 1.29 is 0 Å². The molecule has 0 aliphatic rings. The average Bonchev–Trinajstić information content (AvgIpc) is 1.49. The van der Waals surface area contributed by atoms with Crippen molar-refractivity contribution in [3.05, 3.63) is 10.1 Å². The lowest BCUT2D eigenvalue weighted by atomic mass is 10.4. The highest BCUT2D eigenvalue weighted by Crippen LogP contribution is 2.50. The molecule has 0 radical (unpaired) electrons. The second-order valence-electron chi connectivity index (χ2n) is 1.63. The van der Waals surface area contributed by atoms with Crippen molar-refractivity contribution >= 4 is 92.8 Å². The summed E-state index contributed by atoms with van der Waals surface area (Å²) in [6.45, 7) is 0. The van der Waals surface area contributed by atoms with E-state index in [-0.39, 0.29) is 10.1 Å². The third-order valence-corrected chi connectivity index (χ3v) is 2.27. The molecule has 0 aromatic rings. The van der Waals surface area contributed by atoms with Crippen molar-refractivity contribution in [2.75, 3.05) is 0 Å². The summed E-state index contributed by atoms with van der Waals surface area (Å²) < 4.78 is -4.26. The smallest absolute Gasteiger partial charge is 0.0785 e. The molecule has 0 N–H and O–H groups in total. The predicted octanol–water partition coefficient (Wildman–Crippen LogP) is 5.42. The molecule has 0 aliphatic carbocycles.